The van der Waals surface area contributed by atoms with E-state index < -0.39 is 0 Å². The number of ketones is 2. The van der Waals surface area contributed by atoms with E-state index in [1.807, 2.05) is 64.1 Å². The lowest BCUT2D eigenvalue weighted by Gasteiger charge is -2.12. The van der Waals surface area contributed by atoms with Gasteiger partial charge in [-0.3, -0.25) is 19.6 Å². The van der Waals surface area contributed by atoms with Crippen molar-refractivity contribution in [3.63, 3.8) is 0 Å². The van der Waals surface area contributed by atoms with Gasteiger partial charge in [0.1, 0.15) is 11.4 Å². The van der Waals surface area contributed by atoms with Gasteiger partial charge in [0, 0.05) is 53.8 Å². The van der Waals surface area contributed by atoms with E-state index in [-0.39, 0.29) is 23.0 Å². The van der Waals surface area contributed by atoms with Crippen LogP contribution >= 0.6 is 22.7 Å². The number of aromatic nitrogens is 4. The lowest BCUT2D eigenvalue weighted by molar-refractivity contribution is 0.0996. The molecule has 0 saturated heterocycles. The number of benzene rings is 1. The Kier molecular flexibility index (Phi) is 5.24. The fourth-order valence-electron chi connectivity index (χ4n) is 4.67. The highest BCUT2D eigenvalue weighted by molar-refractivity contribution is 7.12. The van der Waals surface area contributed by atoms with Gasteiger partial charge in [0.25, 0.3) is 0 Å². The average molecular weight is 509 g/mol. The van der Waals surface area contributed by atoms with Crippen molar-refractivity contribution in [1.82, 2.24) is 19.9 Å². The van der Waals surface area contributed by atoms with E-state index in [1.54, 1.807) is 35.1 Å². The molecule has 0 atom stereocenters. The SMILES string of the molecule is Cc1cc(C(=O)c2nc3c4cccnc4c4ncccc4c3nc2C(=O)c2cc(C)sc2C)c(C)s1. The van der Waals surface area contributed by atoms with Crippen molar-refractivity contribution in [3.05, 3.63) is 90.8 Å². The highest BCUT2D eigenvalue weighted by atomic mass is 32.1. The van der Waals surface area contributed by atoms with Crippen molar-refractivity contribution < 1.29 is 9.59 Å². The fourth-order valence-corrected chi connectivity index (χ4v) is 6.51. The topological polar surface area (TPSA) is 85.7 Å². The molecule has 0 saturated carbocycles. The van der Waals surface area contributed by atoms with Crippen LogP contribution in [0, 0.1) is 27.7 Å². The fraction of sp³-hybridized carbons (Fsp3) is 0.143. The molecule has 8 heteroatoms. The number of pyridine rings is 2. The molecule has 5 heterocycles. The van der Waals surface area contributed by atoms with E-state index in [9.17, 15) is 9.59 Å². The molecule has 0 aliphatic heterocycles. The maximum atomic E-state index is 13.9. The number of nitrogens with zero attached hydrogens (tertiary/aromatic N) is 4. The van der Waals surface area contributed by atoms with Crippen molar-refractivity contribution in [2.45, 2.75) is 27.7 Å². The van der Waals surface area contributed by atoms with Crippen molar-refractivity contribution in [3.8, 4) is 0 Å². The summed E-state index contributed by atoms with van der Waals surface area (Å²) in [5.74, 6) is -0.606. The lowest BCUT2D eigenvalue weighted by atomic mass is 10.00. The molecule has 1 aromatic carbocycles. The van der Waals surface area contributed by atoms with Gasteiger partial charge in [-0.2, -0.15) is 0 Å². The predicted octanol–water partition coefficient (Wildman–Crippen LogP) is 6.54. The Balaban J connectivity index is 1.74. The van der Waals surface area contributed by atoms with Crippen LogP contribution in [0.5, 0.6) is 0 Å². The van der Waals surface area contributed by atoms with Crippen molar-refractivity contribution in [2.75, 3.05) is 0 Å². The van der Waals surface area contributed by atoms with Gasteiger partial charge >= 0.3 is 0 Å². The largest absolute Gasteiger partial charge is 0.287 e. The summed E-state index contributed by atoms with van der Waals surface area (Å²) in [5.41, 5.74) is 3.63. The van der Waals surface area contributed by atoms with E-state index in [0.29, 0.717) is 33.2 Å². The molecule has 0 aliphatic carbocycles. The maximum Gasteiger partial charge on any atom is 0.214 e. The molecule has 0 N–H and O–H groups in total. The Morgan fingerprint density at radius 2 is 1.06 bits per heavy atom. The van der Waals surface area contributed by atoms with Gasteiger partial charge in [0.15, 0.2) is 0 Å². The van der Waals surface area contributed by atoms with Crippen LogP contribution in [0.1, 0.15) is 51.6 Å². The second-order valence-corrected chi connectivity index (χ2v) is 11.7. The standard InChI is InChI=1S/C28H20N4O2S2/c1-13-11-19(15(3)35-13)27(33)25-26(28(34)20-12-14(2)36-16(20)4)32-24-18-8-6-10-30-22(18)21-17(23(24)31-25)7-5-9-29-21/h5-12H,1-4H3. The van der Waals surface area contributed by atoms with E-state index >= 15 is 0 Å². The first-order valence-corrected chi connectivity index (χ1v) is 13.0. The molecule has 0 spiro atoms. The number of carbonyl (C=O) groups excluding carboxylic acids is 2. The van der Waals surface area contributed by atoms with Crippen molar-refractivity contribution in [2.24, 2.45) is 0 Å². The van der Waals surface area contributed by atoms with Crippen LogP contribution in [0.4, 0.5) is 0 Å². The second kappa shape index (κ2) is 8.36. The molecular formula is C28H20N4O2S2. The van der Waals surface area contributed by atoms with Gasteiger partial charge in [-0.15, -0.1) is 22.7 Å². The molecule has 0 fully saturated rings. The van der Waals surface area contributed by atoms with Crippen LogP contribution in [-0.4, -0.2) is 31.5 Å². The van der Waals surface area contributed by atoms with E-state index in [4.69, 9.17) is 9.97 Å². The monoisotopic (exact) mass is 508 g/mol. The van der Waals surface area contributed by atoms with Crippen LogP contribution in [0.25, 0.3) is 32.8 Å². The van der Waals surface area contributed by atoms with Gasteiger partial charge < -0.3 is 0 Å². The highest BCUT2D eigenvalue weighted by Crippen LogP contribution is 2.33. The molecule has 176 valence electrons. The summed E-state index contributed by atoms with van der Waals surface area (Å²) in [4.78, 5) is 50.4. The van der Waals surface area contributed by atoms with Gasteiger partial charge in [-0.25, -0.2) is 9.97 Å². The molecule has 36 heavy (non-hydrogen) atoms. The number of aryl methyl sites for hydroxylation is 4. The van der Waals surface area contributed by atoms with E-state index in [2.05, 4.69) is 9.97 Å². The average Bonchev–Trinajstić information content (AvgIpc) is 3.41. The summed E-state index contributed by atoms with van der Waals surface area (Å²) in [7, 11) is 0. The summed E-state index contributed by atoms with van der Waals surface area (Å²) in [5, 5.41) is 1.47. The van der Waals surface area contributed by atoms with Gasteiger partial charge in [-0.05, 0) is 64.1 Å². The van der Waals surface area contributed by atoms with E-state index in [0.717, 1.165) is 30.3 Å². The number of rotatable bonds is 4. The van der Waals surface area contributed by atoms with E-state index in [1.165, 1.54) is 0 Å². The predicted molar refractivity (Wildman–Crippen MR) is 145 cm³/mol. The van der Waals surface area contributed by atoms with Gasteiger partial charge in [0.05, 0.1) is 22.1 Å². The quantitative estimate of drug-likeness (QED) is 0.198. The van der Waals surface area contributed by atoms with Gasteiger partial charge in [0.2, 0.25) is 11.6 Å². The molecule has 0 bridgehead atoms. The molecular weight excluding hydrogens is 488 g/mol. The molecule has 6 aromatic rings. The molecule has 0 amide bonds. The zero-order chi connectivity index (χ0) is 25.1. The summed E-state index contributed by atoms with van der Waals surface area (Å²) in [6.07, 6.45) is 3.41. The number of hydrogen-bond donors (Lipinski definition) is 0. The minimum atomic E-state index is -0.303. The van der Waals surface area contributed by atoms with Crippen LogP contribution in [0.3, 0.4) is 0 Å². The Bertz CT molecular complexity index is 1750. The molecule has 0 radical (unpaired) electrons. The number of thiophene rings is 2. The minimum absolute atomic E-state index is 0.0602. The first kappa shape index (κ1) is 22.6. The van der Waals surface area contributed by atoms with Crippen LogP contribution in [0.15, 0.2) is 48.8 Å². The molecule has 6 rings (SSSR count). The molecule has 0 aliphatic rings. The third kappa shape index (κ3) is 3.44. The molecule has 0 unspecified atom stereocenters. The summed E-state index contributed by atoms with van der Waals surface area (Å²) in [6, 6.07) is 11.1. The molecule has 6 nitrogen and oxygen atoms in total. The second-order valence-electron chi connectivity index (χ2n) is 8.73. The van der Waals surface area contributed by atoms with Crippen molar-refractivity contribution in [1.29, 1.82) is 0 Å². The van der Waals surface area contributed by atoms with Crippen LogP contribution < -0.4 is 0 Å². The Labute approximate surface area is 214 Å². The Morgan fingerprint density at radius 1 is 0.639 bits per heavy atom. The highest BCUT2D eigenvalue weighted by Gasteiger charge is 2.28. The number of carbonyl (C=O) groups is 2. The lowest BCUT2D eigenvalue weighted by Crippen LogP contribution is -2.16. The summed E-state index contributed by atoms with van der Waals surface area (Å²) in [6.45, 7) is 7.74. The number of fused-ring (bicyclic) bond motifs is 6. The van der Waals surface area contributed by atoms with Crippen LogP contribution in [0.2, 0.25) is 0 Å². The zero-order valence-corrected chi connectivity index (χ0v) is 21.7. The number of hydrogen-bond acceptors (Lipinski definition) is 8. The summed E-state index contributed by atoms with van der Waals surface area (Å²) < 4.78 is 0. The summed E-state index contributed by atoms with van der Waals surface area (Å²) >= 11 is 3.09. The first-order valence-electron chi connectivity index (χ1n) is 11.4. The maximum absolute atomic E-state index is 13.9. The van der Waals surface area contributed by atoms with Crippen LogP contribution in [-0.2, 0) is 0 Å². The molecule has 5 aromatic heterocycles. The third-order valence-electron chi connectivity index (χ3n) is 6.25. The van der Waals surface area contributed by atoms with Gasteiger partial charge in [-0.1, -0.05) is 0 Å². The third-order valence-corrected chi connectivity index (χ3v) is 8.18. The first-order chi connectivity index (χ1) is 17.3. The Morgan fingerprint density at radius 3 is 1.42 bits per heavy atom. The normalized spacial score (nSPS) is 11.6. The van der Waals surface area contributed by atoms with Crippen molar-refractivity contribution >= 4 is 67.1 Å². The smallest absolute Gasteiger partial charge is 0.214 e. The minimum Gasteiger partial charge on any atom is -0.287 e. The zero-order valence-electron chi connectivity index (χ0n) is 20.0. The Hall–Kier alpha value is -3.88.